The number of ether oxygens (including phenoxy) is 1. The Balaban J connectivity index is 1.31. The normalized spacial score (nSPS) is 14.7. The third-order valence-corrected chi connectivity index (χ3v) is 5.59. The van der Waals surface area contributed by atoms with E-state index < -0.39 is 0 Å². The van der Waals surface area contributed by atoms with E-state index in [-0.39, 0.29) is 12.6 Å². The van der Waals surface area contributed by atoms with E-state index in [0.717, 1.165) is 24.7 Å². The van der Waals surface area contributed by atoms with E-state index in [9.17, 15) is 4.79 Å². The molecule has 30 heavy (non-hydrogen) atoms. The first-order valence-electron chi connectivity index (χ1n) is 9.75. The minimum Gasteiger partial charge on any atom is -0.471 e. The highest BCUT2D eigenvalue weighted by atomic mass is 35.5. The number of benzene rings is 2. The van der Waals surface area contributed by atoms with E-state index in [1.807, 2.05) is 29.2 Å². The maximum atomic E-state index is 13.0. The highest BCUT2D eigenvalue weighted by Crippen LogP contribution is 2.17. The summed E-state index contributed by atoms with van der Waals surface area (Å²) in [6.07, 6.45) is 1.62. The second-order valence-corrected chi connectivity index (χ2v) is 8.01. The monoisotopic (exact) mass is 444 g/mol. The first kappa shape index (κ1) is 20.7. The SMILES string of the molecule is O=C(c1ccnn1COc1ccc(Cl)cc1)N1CCN(Cc2ccc(Cl)cc2)CC1. The fraction of sp³-hybridized carbons (Fsp3) is 0.273. The molecule has 0 bridgehead atoms. The third-order valence-electron chi connectivity index (χ3n) is 5.08. The van der Waals surface area contributed by atoms with Crippen molar-refractivity contribution in [2.24, 2.45) is 0 Å². The minimum atomic E-state index is -0.0293. The summed E-state index contributed by atoms with van der Waals surface area (Å²) < 4.78 is 7.31. The van der Waals surface area contributed by atoms with E-state index in [0.29, 0.717) is 29.6 Å². The van der Waals surface area contributed by atoms with Gasteiger partial charge in [-0.25, -0.2) is 4.68 Å². The van der Waals surface area contributed by atoms with Gasteiger partial charge in [0.2, 0.25) is 0 Å². The molecule has 156 valence electrons. The van der Waals surface area contributed by atoms with Crippen LogP contribution < -0.4 is 4.74 Å². The van der Waals surface area contributed by atoms with Gasteiger partial charge in [0.15, 0.2) is 6.73 Å². The Morgan fingerprint density at radius 3 is 2.20 bits per heavy atom. The molecule has 0 N–H and O–H groups in total. The second-order valence-electron chi connectivity index (χ2n) is 7.14. The average molecular weight is 445 g/mol. The number of hydrogen-bond acceptors (Lipinski definition) is 4. The van der Waals surface area contributed by atoms with Crippen molar-refractivity contribution in [2.75, 3.05) is 26.2 Å². The topological polar surface area (TPSA) is 50.6 Å². The van der Waals surface area contributed by atoms with E-state index in [4.69, 9.17) is 27.9 Å². The van der Waals surface area contributed by atoms with Gasteiger partial charge in [0, 0.05) is 49.0 Å². The van der Waals surface area contributed by atoms with Gasteiger partial charge in [0.1, 0.15) is 11.4 Å². The zero-order valence-corrected chi connectivity index (χ0v) is 17.9. The Morgan fingerprint density at radius 2 is 1.53 bits per heavy atom. The van der Waals surface area contributed by atoms with E-state index in [1.165, 1.54) is 5.56 Å². The predicted molar refractivity (Wildman–Crippen MR) is 117 cm³/mol. The minimum absolute atomic E-state index is 0.0293. The number of hydrogen-bond donors (Lipinski definition) is 0. The lowest BCUT2D eigenvalue weighted by Gasteiger charge is -2.34. The van der Waals surface area contributed by atoms with Crippen LogP contribution in [0.15, 0.2) is 60.8 Å². The van der Waals surface area contributed by atoms with Crippen molar-refractivity contribution < 1.29 is 9.53 Å². The van der Waals surface area contributed by atoms with E-state index in [1.54, 1.807) is 41.2 Å². The van der Waals surface area contributed by atoms with E-state index >= 15 is 0 Å². The van der Waals surface area contributed by atoms with Crippen LogP contribution in [0.5, 0.6) is 5.75 Å². The molecule has 4 rings (SSSR count). The standard InChI is InChI=1S/C22H22Cl2N4O2/c23-18-3-1-17(2-4-18)15-26-11-13-27(14-12-26)22(29)21-9-10-25-28(21)16-30-20-7-5-19(24)6-8-20/h1-10H,11-16H2. The summed E-state index contributed by atoms with van der Waals surface area (Å²) in [7, 11) is 0. The molecule has 0 atom stereocenters. The molecule has 2 heterocycles. The molecule has 2 aromatic carbocycles. The predicted octanol–water partition coefficient (Wildman–Crippen LogP) is 4.18. The van der Waals surface area contributed by atoms with E-state index in [2.05, 4.69) is 10.00 Å². The highest BCUT2D eigenvalue weighted by molar-refractivity contribution is 6.30. The summed E-state index contributed by atoms with van der Waals surface area (Å²) in [5.74, 6) is 0.641. The molecule has 0 saturated carbocycles. The van der Waals surface area contributed by atoms with Gasteiger partial charge in [0.05, 0.1) is 0 Å². The van der Waals surface area contributed by atoms with Gasteiger partial charge in [-0.1, -0.05) is 35.3 Å². The first-order valence-corrected chi connectivity index (χ1v) is 10.5. The lowest BCUT2D eigenvalue weighted by atomic mass is 10.2. The third kappa shape index (κ3) is 5.14. The fourth-order valence-electron chi connectivity index (χ4n) is 3.40. The number of piperazine rings is 1. The largest absolute Gasteiger partial charge is 0.471 e. The molecule has 1 saturated heterocycles. The van der Waals surface area contributed by atoms with Crippen LogP contribution in [0.25, 0.3) is 0 Å². The zero-order valence-electron chi connectivity index (χ0n) is 16.4. The number of nitrogens with zero attached hydrogens (tertiary/aromatic N) is 4. The number of rotatable bonds is 6. The van der Waals surface area contributed by atoms with Gasteiger partial charge in [0.25, 0.3) is 5.91 Å². The first-order chi connectivity index (χ1) is 14.6. The Morgan fingerprint density at radius 1 is 0.900 bits per heavy atom. The van der Waals surface area contributed by atoms with Gasteiger partial charge in [-0.15, -0.1) is 0 Å². The fourth-order valence-corrected chi connectivity index (χ4v) is 3.65. The van der Waals surface area contributed by atoms with Crippen molar-refractivity contribution in [3.63, 3.8) is 0 Å². The van der Waals surface area contributed by atoms with Gasteiger partial charge in [-0.2, -0.15) is 5.10 Å². The van der Waals surface area contributed by atoms with Crippen LogP contribution in [-0.2, 0) is 13.3 Å². The molecule has 0 aliphatic carbocycles. The zero-order chi connectivity index (χ0) is 20.9. The number of amides is 1. The van der Waals surface area contributed by atoms with Crippen LogP contribution in [0.2, 0.25) is 10.0 Å². The van der Waals surface area contributed by atoms with Crippen molar-refractivity contribution in [2.45, 2.75) is 13.3 Å². The lowest BCUT2D eigenvalue weighted by molar-refractivity contribution is 0.0607. The summed E-state index contributed by atoms with van der Waals surface area (Å²) in [6.45, 7) is 4.01. The van der Waals surface area contributed by atoms with Gasteiger partial charge in [-0.3, -0.25) is 9.69 Å². The summed E-state index contributed by atoms with van der Waals surface area (Å²) in [5, 5.41) is 5.63. The smallest absolute Gasteiger partial charge is 0.272 e. The van der Waals surface area contributed by atoms with Crippen molar-refractivity contribution in [3.8, 4) is 5.75 Å². The number of carbonyl (C=O) groups is 1. The Labute approximate surface area is 185 Å². The molecule has 1 amide bonds. The Bertz CT molecular complexity index is 981. The van der Waals surface area contributed by atoms with Crippen LogP contribution >= 0.6 is 23.2 Å². The van der Waals surface area contributed by atoms with Gasteiger partial charge in [-0.05, 0) is 48.0 Å². The summed E-state index contributed by atoms with van der Waals surface area (Å²) in [6, 6.07) is 16.7. The second kappa shape index (κ2) is 9.51. The van der Waals surface area contributed by atoms with Crippen molar-refractivity contribution in [1.82, 2.24) is 19.6 Å². The lowest BCUT2D eigenvalue weighted by Crippen LogP contribution is -2.48. The molecule has 1 fully saturated rings. The molecule has 3 aromatic rings. The maximum absolute atomic E-state index is 13.0. The number of halogens is 2. The molecule has 0 radical (unpaired) electrons. The highest BCUT2D eigenvalue weighted by Gasteiger charge is 2.24. The Kier molecular flexibility index (Phi) is 6.57. The van der Waals surface area contributed by atoms with Crippen LogP contribution in [0, 0.1) is 0 Å². The van der Waals surface area contributed by atoms with Crippen LogP contribution in [0.3, 0.4) is 0 Å². The number of aromatic nitrogens is 2. The molecule has 1 aliphatic rings. The molecule has 1 aromatic heterocycles. The summed E-state index contributed by atoms with van der Waals surface area (Å²) in [4.78, 5) is 17.2. The number of carbonyl (C=O) groups excluding carboxylic acids is 1. The summed E-state index contributed by atoms with van der Waals surface area (Å²) in [5.41, 5.74) is 1.74. The molecule has 8 heteroatoms. The maximum Gasteiger partial charge on any atom is 0.272 e. The van der Waals surface area contributed by atoms with Crippen LogP contribution in [-0.4, -0.2) is 51.7 Å². The quantitative estimate of drug-likeness (QED) is 0.571. The molecule has 1 aliphatic heterocycles. The Hall–Kier alpha value is -2.54. The molecule has 0 spiro atoms. The molecular weight excluding hydrogens is 423 g/mol. The van der Waals surface area contributed by atoms with Crippen molar-refractivity contribution in [3.05, 3.63) is 82.1 Å². The van der Waals surface area contributed by atoms with Crippen LogP contribution in [0.4, 0.5) is 0 Å². The van der Waals surface area contributed by atoms with Gasteiger partial charge >= 0.3 is 0 Å². The molecule has 0 unspecified atom stereocenters. The average Bonchev–Trinajstić information content (AvgIpc) is 3.24. The molecule has 6 nitrogen and oxygen atoms in total. The van der Waals surface area contributed by atoms with Crippen molar-refractivity contribution >= 4 is 29.1 Å². The van der Waals surface area contributed by atoms with Crippen molar-refractivity contribution in [1.29, 1.82) is 0 Å². The van der Waals surface area contributed by atoms with Crippen LogP contribution in [0.1, 0.15) is 16.1 Å². The summed E-state index contributed by atoms with van der Waals surface area (Å²) >= 11 is 11.8. The van der Waals surface area contributed by atoms with Gasteiger partial charge < -0.3 is 9.64 Å². The molecular formula is C22H22Cl2N4O2.